The van der Waals surface area contributed by atoms with E-state index in [1.54, 1.807) is 0 Å². The molecule has 1 saturated heterocycles. The fourth-order valence-corrected chi connectivity index (χ4v) is 2.81. The van der Waals surface area contributed by atoms with E-state index in [2.05, 4.69) is 9.73 Å². The van der Waals surface area contributed by atoms with Crippen molar-refractivity contribution in [1.29, 1.82) is 0 Å². The van der Waals surface area contributed by atoms with E-state index in [0.717, 1.165) is 11.3 Å². The molecule has 1 heterocycles. The van der Waals surface area contributed by atoms with Crippen molar-refractivity contribution in [1.82, 2.24) is 0 Å². The standard InChI is InChI=1S/C15H16N2O3S/c1-4-16-15-17(11-7-5-10(2)6-8-11)14(19)12(21-15)9-13(18)20-3/h5-9H,4H2,1-3H3. The number of nitrogens with zero attached hydrogens (tertiary/aromatic N) is 2. The molecular weight excluding hydrogens is 288 g/mol. The van der Waals surface area contributed by atoms with E-state index >= 15 is 0 Å². The van der Waals surface area contributed by atoms with E-state index in [4.69, 9.17) is 0 Å². The highest BCUT2D eigenvalue weighted by atomic mass is 32.2. The number of anilines is 1. The fourth-order valence-electron chi connectivity index (χ4n) is 1.80. The molecule has 1 aromatic carbocycles. The molecule has 0 spiro atoms. The minimum Gasteiger partial charge on any atom is -0.466 e. The summed E-state index contributed by atoms with van der Waals surface area (Å²) in [7, 11) is 1.28. The van der Waals surface area contributed by atoms with Gasteiger partial charge in [0.15, 0.2) is 5.17 Å². The Morgan fingerprint density at radius 3 is 2.62 bits per heavy atom. The van der Waals surface area contributed by atoms with Gasteiger partial charge in [-0.1, -0.05) is 17.7 Å². The van der Waals surface area contributed by atoms with Crippen molar-refractivity contribution in [3.63, 3.8) is 0 Å². The molecule has 0 aliphatic carbocycles. The van der Waals surface area contributed by atoms with E-state index in [9.17, 15) is 9.59 Å². The topological polar surface area (TPSA) is 59.0 Å². The molecule has 0 N–H and O–H groups in total. The van der Waals surface area contributed by atoms with Crippen LogP contribution in [0.25, 0.3) is 0 Å². The Kier molecular flexibility index (Phi) is 4.80. The van der Waals surface area contributed by atoms with Gasteiger partial charge in [-0.05, 0) is 37.7 Å². The van der Waals surface area contributed by atoms with Crippen molar-refractivity contribution in [3.8, 4) is 0 Å². The lowest BCUT2D eigenvalue weighted by molar-refractivity contribution is -0.135. The van der Waals surface area contributed by atoms with Crippen LogP contribution in [0.5, 0.6) is 0 Å². The van der Waals surface area contributed by atoms with Gasteiger partial charge in [-0.2, -0.15) is 0 Å². The molecule has 0 unspecified atom stereocenters. The van der Waals surface area contributed by atoms with E-state index < -0.39 is 5.97 Å². The summed E-state index contributed by atoms with van der Waals surface area (Å²) in [6, 6.07) is 7.58. The molecule has 0 radical (unpaired) electrons. The van der Waals surface area contributed by atoms with Gasteiger partial charge in [0.25, 0.3) is 5.91 Å². The summed E-state index contributed by atoms with van der Waals surface area (Å²) in [6.07, 6.45) is 1.20. The third-order valence-corrected chi connectivity index (χ3v) is 3.85. The van der Waals surface area contributed by atoms with Crippen LogP contribution in [0.2, 0.25) is 0 Å². The molecule has 1 aliphatic rings. The molecule has 0 saturated carbocycles. The fraction of sp³-hybridized carbons (Fsp3) is 0.267. The number of aliphatic imine (C=N–C) groups is 1. The van der Waals surface area contributed by atoms with E-state index in [-0.39, 0.29) is 5.91 Å². The van der Waals surface area contributed by atoms with Crippen molar-refractivity contribution in [2.75, 3.05) is 18.6 Å². The average Bonchev–Trinajstić information content (AvgIpc) is 2.77. The molecule has 5 nitrogen and oxygen atoms in total. The summed E-state index contributed by atoms with van der Waals surface area (Å²) in [5.41, 5.74) is 1.84. The van der Waals surface area contributed by atoms with Crippen molar-refractivity contribution in [2.45, 2.75) is 13.8 Å². The van der Waals surface area contributed by atoms with Crippen LogP contribution in [-0.4, -0.2) is 30.7 Å². The van der Waals surface area contributed by atoms with Crippen LogP contribution in [0.15, 0.2) is 40.2 Å². The summed E-state index contributed by atoms with van der Waals surface area (Å²) in [6.45, 7) is 4.44. The number of esters is 1. The molecular formula is C15H16N2O3S. The number of carbonyl (C=O) groups excluding carboxylic acids is 2. The zero-order valence-corrected chi connectivity index (χ0v) is 12.9. The number of methoxy groups -OCH3 is 1. The number of aryl methyl sites for hydroxylation is 1. The molecule has 0 atom stereocenters. The lowest BCUT2D eigenvalue weighted by atomic mass is 10.2. The number of hydrogen-bond acceptors (Lipinski definition) is 5. The molecule has 2 rings (SSSR count). The maximum Gasteiger partial charge on any atom is 0.331 e. The molecule has 21 heavy (non-hydrogen) atoms. The molecule has 6 heteroatoms. The van der Waals surface area contributed by atoms with Crippen molar-refractivity contribution in [2.24, 2.45) is 4.99 Å². The Morgan fingerprint density at radius 2 is 2.05 bits per heavy atom. The van der Waals surface area contributed by atoms with Crippen LogP contribution < -0.4 is 4.90 Å². The Bertz CT molecular complexity index is 620. The highest BCUT2D eigenvalue weighted by Gasteiger charge is 2.34. The van der Waals surface area contributed by atoms with Gasteiger partial charge in [-0.3, -0.25) is 14.7 Å². The van der Waals surface area contributed by atoms with E-state index in [0.29, 0.717) is 16.6 Å². The second kappa shape index (κ2) is 6.58. The third-order valence-electron chi connectivity index (χ3n) is 2.84. The summed E-state index contributed by atoms with van der Waals surface area (Å²) in [5.74, 6) is -0.811. The van der Waals surface area contributed by atoms with Crippen LogP contribution in [0.3, 0.4) is 0 Å². The highest BCUT2D eigenvalue weighted by molar-refractivity contribution is 8.19. The van der Waals surface area contributed by atoms with Crippen LogP contribution in [-0.2, 0) is 14.3 Å². The first-order chi connectivity index (χ1) is 10.1. The maximum atomic E-state index is 12.5. The number of amidine groups is 1. The second-order valence-corrected chi connectivity index (χ2v) is 5.38. The Morgan fingerprint density at radius 1 is 1.38 bits per heavy atom. The summed E-state index contributed by atoms with van der Waals surface area (Å²) in [5, 5.41) is 0.571. The van der Waals surface area contributed by atoms with Gasteiger partial charge in [0.2, 0.25) is 0 Å². The normalized spacial score (nSPS) is 18.6. The lowest BCUT2D eigenvalue weighted by Gasteiger charge is -2.15. The zero-order valence-electron chi connectivity index (χ0n) is 12.1. The molecule has 1 aliphatic heterocycles. The smallest absolute Gasteiger partial charge is 0.331 e. The van der Waals surface area contributed by atoms with E-state index in [1.807, 2.05) is 38.1 Å². The summed E-state index contributed by atoms with van der Waals surface area (Å²) >= 11 is 1.18. The van der Waals surface area contributed by atoms with Crippen LogP contribution in [0.1, 0.15) is 12.5 Å². The molecule has 1 aromatic rings. The first kappa shape index (κ1) is 15.3. The first-order valence-corrected chi connectivity index (χ1v) is 7.31. The SMILES string of the molecule is CCN=C1SC(=CC(=O)OC)C(=O)N1c1ccc(C)cc1. The third kappa shape index (κ3) is 3.33. The Labute approximate surface area is 127 Å². The largest absolute Gasteiger partial charge is 0.466 e. The second-order valence-electron chi connectivity index (χ2n) is 4.37. The van der Waals surface area contributed by atoms with Gasteiger partial charge in [0.1, 0.15) is 0 Å². The molecule has 0 aromatic heterocycles. The van der Waals surface area contributed by atoms with Gasteiger partial charge >= 0.3 is 5.97 Å². The number of hydrogen-bond donors (Lipinski definition) is 0. The van der Waals surface area contributed by atoms with Crippen LogP contribution in [0, 0.1) is 6.92 Å². The molecule has 110 valence electrons. The zero-order chi connectivity index (χ0) is 15.4. The van der Waals surface area contributed by atoms with Crippen molar-refractivity contribution in [3.05, 3.63) is 40.8 Å². The molecule has 1 amide bonds. The number of benzene rings is 1. The molecule has 0 bridgehead atoms. The Balaban J connectivity index is 2.40. The maximum absolute atomic E-state index is 12.5. The summed E-state index contributed by atoms with van der Waals surface area (Å²) < 4.78 is 4.57. The summed E-state index contributed by atoms with van der Waals surface area (Å²) in [4.78, 5) is 30.0. The van der Waals surface area contributed by atoms with Gasteiger partial charge in [0.05, 0.1) is 17.7 Å². The van der Waals surface area contributed by atoms with Gasteiger partial charge < -0.3 is 4.74 Å². The van der Waals surface area contributed by atoms with Crippen molar-refractivity contribution < 1.29 is 14.3 Å². The average molecular weight is 304 g/mol. The van der Waals surface area contributed by atoms with Gasteiger partial charge in [-0.15, -0.1) is 0 Å². The van der Waals surface area contributed by atoms with Gasteiger partial charge in [0, 0.05) is 12.6 Å². The number of carbonyl (C=O) groups is 2. The predicted octanol–water partition coefficient (Wildman–Crippen LogP) is 2.51. The lowest BCUT2D eigenvalue weighted by Crippen LogP contribution is -2.29. The number of amides is 1. The minimum atomic E-state index is -0.549. The number of rotatable bonds is 3. The minimum absolute atomic E-state index is 0.263. The number of thioether (sulfide) groups is 1. The van der Waals surface area contributed by atoms with E-state index in [1.165, 1.54) is 29.8 Å². The molecule has 1 fully saturated rings. The Hall–Kier alpha value is -2.08. The number of ether oxygens (including phenoxy) is 1. The quantitative estimate of drug-likeness (QED) is 0.636. The highest BCUT2D eigenvalue weighted by Crippen LogP contribution is 2.34. The van der Waals surface area contributed by atoms with Crippen LogP contribution >= 0.6 is 11.8 Å². The monoisotopic (exact) mass is 304 g/mol. The van der Waals surface area contributed by atoms with Crippen molar-refractivity contribution >= 4 is 34.5 Å². The van der Waals surface area contributed by atoms with Crippen LogP contribution in [0.4, 0.5) is 5.69 Å². The first-order valence-electron chi connectivity index (χ1n) is 6.50. The predicted molar refractivity (Wildman–Crippen MR) is 84.3 cm³/mol. The van der Waals surface area contributed by atoms with Gasteiger partial charge in [-0.25, -0.2) is 4.79 Å².